The number of nitrogens with one attached hydrogen (secondary N) is 1. The van der Waals surface area contributed by atoms with Crippen LogP contribution in [-0.2, 0) is 4.74 Å². The fourth-order valence-corrected chi connectivity index (χ4v) is 2.54. The van der Waals surface area contributed by atoms with Gasteiger partial charge in [-0.2, -0.15) is 0 Å². The first kappa shape index (κ1) is 13.6. The lowest BCUT2D eigenvalue weighted by molar-refractivity contribution is 0.0520. The molecule has 2 rings (SSSR count). The summed E-state index contributed by atoms with van der Waals surface area (Å²) in [5.74, 6) is -0.321. The summed E-state index contributed by atoms with van der Waals surface area (Å²) in [6.07, 6.45) is 2.29. The Hall–Kier alpha value is -0.460. The third-order valence-corrected chi connectivity index (χ3v) is 3.32. The van der Waals surface area contributed by atoms with Crippen molar-refractivity contribution in [3.05, 3.63) is 16.1 Å². The Labute approximate surface area is 109 Å². The van der Waals surface area contributed by atoms with E-state index in [-0.39, 0.29) is 23.0 Å². The van der Waals surface area contributed by atoms with Crippen molar-refractivity contribution in [3.8, 4) is 0 Å². The molecule has 0 radical (unpaired) electrons. The molecule has 0 aromatic carbocycles. The summed E-state index contributed by atoms with van der Waals surface area (Å²) in [5, 5.41) is 6.12. The van der Waals surface area contributed by atoms with Crippen LogP contribution in [0.25, 0.3) is 0 Å². The van der Waals surface area contributed by atoms with Gasteiger partial charge in [-0.05, 0) is 26.3 Å². The topological polar surface area (TPSA) is 51.2 Å². The van der Waals surface area contributed by atoms with Gasteiger partial charge < -0.3 is 10.1 Å². The van der Waals surface area contributed by atoms with Crippen molar-refractivity contribution in [2.24, 2.45) is 0 Å². The molecule has 1 atom stereocenters. The second-order valence-corrected chi connectivity index (χ2v) is 4.33. The lowest BCUT2D eigenvalue weighted by Gasteiger charge is -2.04. The number of aromatic nitrogens is 1. The van der Waals surface area contributed by atoms with Crippen molar-refractivity contribution in [2.75, 3.05) is 13.2 Å². The van der Waals surface area contributed by atoms with Crippen molar-refractivity contribution in [1.82, 2.24) is 10.3 Å². The number of esters is 1. The number of thiazole rings is 1. The summed E-state index contributed by atoms with van der Waals surface area (Å²) in [7, 11) is 0. The number of halogens is 1. The van der Waals surface area contributed by atoms with Crippen LogP contribution in [0.15, 0.2) is 5.38 Å². The van der Waals surface area contributed by atoms with E-state index in [2.05, 4.69) is 10.3 Å². The minimum absolute atomic E-state index is 0. The highest BCUT2D eigenvalue weighted by Crippen LogP contribution is 2.25. The molecule has 1 aliphatic heterocycles. The number of hydrogen-bond acceptors (Lipinski definition) is 5. The maximum absolute atomic E-state index is 11.4. The van der Waals surface area contributed by atoms with Crippen LogP contribution in [0.3, 0.4) is 0 Å². The Morgan fingerprint density at radius 1 is 1.75 bits per heavy atom. The zero-order chi connectivity index (χ0) is 10.7. The smallest absolute Gasteiger partial charge is 0.357 e. The monoisotopic (exact) mass is 306 g/mol. The number of carbonyl (C=O) groups is 1. The lowest BCUT2D eigenvalue weighted by atomic mass is 10.2. The lowest BCUT2D eigenvalue weighted by Crippen LogP contribution is -2.13. The molecule has 6 heteroatoms. The van der Waals surface area contributed by atoms with Gasteiger partial charge in [-0.15, -0.1) is 28.3 Å². The van der Waals surface area contributed by atoms with E-state index < -0.39 is 0 Å². The Morgan fingerprint density at radius 3 is 3.19 bits per heavy atom. The van der Waals surface area contributed by atoms with Crippen molar-refractivity contribution < 1.29 is 9.53 Å². The zero-order valence-electron chi connectivity index (χ0n) is 9.06. The molecule has 0 spiro atoms. The van der Waals surface area contributed by atoms with Gasteiger partial charge in [-0.1, -0.05) is 0 Å². The van der Waals surface area contributed by atoms with Crippen LogP contribution in [0.4, 0.5) is 0 Å². The molecule has 0 bridgehead atoms. The molecule has 0 amide bonds. The first-order valence-electron chi connectivity index (χ1n) is 5.17. The van der Waals surface area contributed by atoms with Crippen LogP contribution in [0, 0.1) is 0 Å². The van der Waals surface area contributed by atoms with Gasteiger partial charge in [0.2, 0.25) is 0 Å². The van der Waals surface area contributed by atoms with Gasteiger partial charge in [0.05, 0.1) is 12.6 Å². The highest BCUT2D eigenvalue weighted by molar-refractivity contribution is 8.93. The van der Waals surface area contributed by atoms with E-state index in [4.69, 9.17) is 4.74 Å². The van der Waals surface area contributed by atoms with Crippen molar-refractivity contribution in [3.63, 3.8) is 0 Å². The summed E-state index contributed by atoms with van der Waals surface area (Å²) >= 11 is 1.53. The third-order valence-electron chi connectivity index (χ3n) is 2.36. The van der Waals surface area contributed by atoms with E-state index in [1.807, 2.05) is 0 Å². The number of carbonyl (C=O) groups excluding carboxylic acids is 1. The summed E-state index contributed by atoms with van der Waals surface area (Å²) < 4.78 is 4.89. The van der Waals surface area contributed by atoms with Crippen molar-refractivity contribution >= 4 is 34.3 Å². The van der Waals surface area contributed by atoms with Crippen LogP contribution in [-0.4, -0.2) is 24.1 Å². The van der Waals surface area contributed by atoms with Gasteiger partial charge in [0.1, 0.15) is 5.01 Å². The predicted molar refractivity (Wildman–Crippen MR) is 68.4 cm³/mol. The van der Waals surface area contributed by atoms with E-state index in [0.29, 0.717) is 18.3 Å². The number of ether oxygens (including phenoxy) is 1. The van der Waals surface area contributed by atoms with Gasteiger partial charge in [0.15, 0.2) is 5.69 Å². The van der Waals surface area contributed by atoms with Crippen LogP contribution in [0.1, 0.15) is 41.3 Å². The second kappa shape index (κ2) is 6.32. The van der Waals surface area contributed by atoms with Gasteiger partial charge in [-0.3, -0.25) is 0 Å². The quantitative estimate of drug-likeness (QED) is 0.871. The second-order valence-electron chi connectivity index (χ2n) is 3.44. The molecule has 1 aliphatic rings. The van der Waals surface area contributed by atoms with E-state index in [0.717, 1.165) is 18.0 Å². The molecule has 1 aromatic rings. The number of hydrogen-bond donors (Lipinski definition) is 1. The Kier molecular flexibility index (Phi) is 5.37. The highest BCUT2D eigenvalue weighted by Gasteiger charge is 2.21. The van der Waals surface area contributed by atoms with Gasteiger partial charge >= 0.3 is 5.97 Å². The Morgan fingerprint density at radius 2 is 2.56 bits per heavy atom. The molecule has 1 fully saturated rings. The molecule has 90 valence electrons. The number of nitrogens with zero attached hydrogens (tertiary/aromatic N) is 1. The van der Waals surface area contributed by atoms with Gasteiger partial charge in [-0.25, -0.2) is 9.78 Å². The summed E-state index contributed by atoms with van der Waals surface area (Å²) in [6, 6.07) is 0.332. The van der Waals surface area contributed by atoms with Crippen molar-refractivity contribution in [1.29, 1.82) is 0 Å². The Bertz CT molecular complexity index is 350. The minimum Gasteiger partial charge on any atom is -0.461 e. The molecule has 0 aliphatic carbocycles. The molecule has 1 unspecified atom stereocenters. The first-order valence-corrected chi connectivity index (χ1v) is 6.05. The maximum atomic E-state index is 11.4. The summed E-state index contributed by atoms with van der Waals surface area (Å²) in [4.78, 5) is 15.7. The van der Waals surface area contributed by atoms with Crippen LogP contribution >= 0.6 is 28.3 Å². The number of rotatable bonds is 3. The first-order chi connectivity index (χ1) is 7.31. The largest absolute Gasteiger partial charge is 0.461 e. The summed E-state index contributed by atoms with van der Waals surface area (Å²) in [6.45, 7) is 3.23. The average molecular weight is 307 g/mol. The van der Waals surface area contributed by atoms with Gasteiger partial charge in [0.25, 0.3) is 0 Å². The predicted octanol–water partition coefficient (Wildman–Crippen LogP) is 2.32. The summed E-state index contributed by atoms with van der Waals surface area (Å²) in [5.41, 5.74) is 0.436. The molecular formula is C10H15BrN2O2S. The van der Waals surface area contributed by atoms with E-state index in [1.165, 1.54) is 17.8 Å². The fraction of sp³-hybridized carbons (Fsp3) is 0.600. The standard InChI is InChI=1S/C10H14N2O2S.BrH/c1-2-14-10(13)8-6-15-9(12-8)7-4-3-5-11-7;/h6-7,11H,2-5H2,1H3;1H. The van der Waals surface area contributed by atoms with E-state index in [9.17, 15) is 4.79 Å². The fourth-order valence-electron chi connectivity index (χ4n) is 1.64. The molecule has 16 heavy (non-hydrogen) atoms. The molecule has 4 nitrogen and oxygen atoms in total. The van der Waals surface area contributed by atoms with Crippen molar-refractivity contribution in [2.45, 2.75) is 25.8 Å². The average Bonchev–Trinajstić information content (AvgIpc) is 2.89. The van der Waals surface area contributed by atoms with Crippen LogP contribution < -0.4 is 5.32 Å². The zero-order valence-corrected chi connectivity index (χ0v) is 11.6. The molecule has 1 saturated heterocycles. The molecule has 1 aromatic heterocycles. The SMILES string of the molecule is Br.CCOC(=O)c1csc(C2CCCN2)n1. The normalized spacial score (nSPS) is 19.2. The van der Waals surface area contributed by atoms with E-state index in [1.54, 1.807) is 12.3 Å². The molecular weight excluding hydrogens is 292 g/mol. The Balaban J connectivity index is 0.00000128. The highest BCUT2D eigenvalue weighted by atomic mass is 79.9. The van der Waals surface area contributed by atoms with Crippen LogP contribution in [0.2, 0.25) is 0 Å². The molecule has 0 saturated carbocycles. The third kappa shape index (κ3) is 3.02. The van der Waals surface area contributed by atoms with Crippen LogP contribution in [0.5, 0.6) is 0 Å². The van der Waals surface area contributed by atoms with E-state index >= 15 is 0 Å². The van der Waals surface area contributed by atoms with Gasteiger partial charge in [0, 0.05) is 5.38 Å². The minimum atomic E-state index is -0.321. The maximum Gasteiger partial charge on any atom is 0.357 e. The molecule has 2 heterocycles. The molecule has 1 N–H and O–H groups in total.